The molecule has 0 atom stereocenters. The van der Waals surface area contributed by atoms with E-state index in [0.717, 1.165) is 12.0 Å². The van der Waals surface area contributed by atoms with Crippen LogP contribution in [0.3, 0.4) is 0 Å². The summed E-state index contributed by atoms with van der Waals surface area (Å²) in [5.74, 6) is 0.651. The molecule has 0 bridgehead atoms. The average Bonchev–Trinajstić information content (AvgIpc) is 2.34. The highest BCUT2D eigenvalue weighted by atomic mass is 32.2. The first-order valence-corrected chi connectivity index (χ1v) is 10.1. The molecule has 1 rings (SSSR count). The van der Waals surface area contributed by atoms with Crippen molar-refractivity contribution in [3.05, 3.63) is 23.8 Å². The first-order valence-electron chi connectivity index (χ1n) is 8.58. The predicted octanol–water partition coefficient (Wildman–Crippen LogP) is 4.70. The molecule has 1 aromatic carbocycles. The van der Waals surface area contributed by atoms with Gasteiger partial charge in [-0.3, -0.25) is 0 Å². The van der Waals surface area contributed by atoms with Crippen LogP contribution in [0.5, 0.6) is 5.75 Å². The van der Waals surface area contributed by atoms with Gasteiger partial charge in [-0.2, -0.15) is 0 Å². The van der Waals surface area contributed by atoms with Crippen molar-refractivity contribution in [2.75, 3.05) is 6.61 Å². The number of sulfonamides is 1. The number of hydrogen-bond acceptors (Lipinski definition) is 3. The van der Waals surface area contributed by atoms with Crippen molar-refractivity contribution in [2.45, 2.75) is 78.2 Å². The Hall–Kier alpha value is -1.07. The van der Waals surface area contributed by atoms with Gasteiger partial charge in [-0.05, 0) is 56.2 Å². The summed E-state index contributed by atoms with van der Waals surface area (Å²) in [7, 11) is -3.67. The van der Waals surface area contributed by atoms with E-state index in [4.69, 9.17) is 4.74 Å². The van der Waals surface area contributed by atoms with Crippen LogP contribution in [0.1, 0.15) is 73.3 Å². The summed E-state index contributed by atoms with van der Waals surface area (Å²) in [5.41, 5.74) is 0.454. The van der Waals surface area contributed by atoms with E-state index in [1.165, 1.54) is 0 Å². The zero-order valence-corrected chi connectivity index (χ0v) is 17.2. The van der Waals surface area contributed by atoms with Gasteiger partial charge in [0.05, 0.1) is 6.61 Å². The summed E-state index contributed by atoms with van der Waals surface area (Å²) in [6.45, 7) is 16.5. The highest BCUT2D eigenvalue weighted by Gasteiger charge is 2.32. The molecule has 0 spiro atoms. The smallest absolute Gasteiger partial charge is 0.244 e. The highest BCUT2D eigenvalue weighted by molar-refractivity contribution is 7.89. The molecule has 5 heteroatoms. The molecule has 0 aliphatic carbocycles. The minimum absolute atomic E-state index is 0.0224. The van der Waals surface area contributed by atoms with Gasteiger partial charge < -0.3 is 4.74 Å². The first kappa shape index (κ1) is 21.0. The van der Waals surface area contributed by atoms with E-state index in [2.05, 4.69) is 25.5 Å². The van der Waals surface area contributed by atoms with Crippen LogP contribution in [0.15, 0.2) is 23.1 Å². The van der Waals surface area contributed by atoms with Crippen LogP contribution in [0.4, 0.5) is 0 Å². The summed E-state index contributed by atoms with van der Waals surface area (Å²) < 4.78 is 34.4. The molecule has 0 saturated heterocycles. The Labute approximate surface area is 148 Å². The fourth-order valence-corrected chi connectivity index (χ4v) is 4.74. The van der Waals surface area contributed by atoms with Crippen molar-refractivity contribution in [3.8, 4) is 5.75 Å². The zero-order valence-electron chi connectivity index (χ0n) is 16.4. The van der Waals surface area contributed by atoms with E-state index in [1.54, 1.807) is 12.1 Å². The van der Waals surface area contributed by atoms with Gasteiger partial charge in [0.2, 0.25) is 10.0 Å². The largest absolute Gasteiger partial charge is 0.492 e. The van der Waals surface area contributed by atoms with Crippen molar-refractivity contribution in [2.24, 2.45) is 5.41 Å². The number of benzene rings is 1. The van der Waals surface area contributed by atoms with Crippen molar-refractivity contribution >= 4 is 10.0 Å². The predicted molar refractivity (Wildman–Crippen MR) is 100 cm³/mol. The minimum atomic E-state index is -3.67. The molecule has 0 aliphatic heterocycles. The van der Waals surface area contributed by atoms with Gasteiger partial charge in [0.15, 0.2) is 0 Å². The fraction of sp³-hybridized carbons (Fsp3) is 0.684. The molecule has 4 nitrogen and oxygen atoms in total. The summed E-state index contributed by atoms with van der Waals surface area (Å²) in [5, 5.41) is 0. The number of hydrogen-bond donors (Lipinski definition) is 1. The molecule has 0 aliphatic rings. The Morgan fingerprint density at radius 2 is 1.71 bits per heavy atom. The molecule has 1 aromatic rings. The van der Waals surface area contributed by atoms with Crippen LogP contribution >= 0.6 is 0 Å². The molecule has 0 radical (unpaired) electrons. The molecular weight excluding hydrogens is 322 g/mol. The topological polar surface area (TPSA) is 55.4 Å². The van der Waals surface area contributed by atoms with Crippen molar-refractivity contribution in [1.29, 1.82) is 0 Å². The second-order valence-electron chi connectivity index (χ2n) is 8.52. The minimum Gasteiger partial charge on any atom is -0.492 e. The van der Waals surface area contributed by atoms with Crippen LogP contribution in [-0.2, 0) is 10.0 Å². The maximum atomic E-state index is 13.0. The summed E-state index contributed by atoms with van der Waals surface area (Å²) in [6, 6.07) is 5.41. The van der Waals surface area contributed by atoms with E-state index >= 15 is 0 Å². The molecule has 1 N–H and O–H groups in total. The summed E-state index contributed by atoms with van der Waals surface area (Å²) in [6.07, 6.45) is 0.729. The lowest BCUT2D eigenvalue weighted by molar-refractivity contribution is 0.269. The van der Waals surface area contributed by atoms with E-state index in [0.29, 0.717) is 12.4 Å². The first-order chi connectivity index (χ1) is 10.8. The maximum Gasteiger partial charge on any atom is 0.244 e. The molecule has 0 aromatic heterocycles. The van der Waals surface area contributed by atoms with Gasteiger partial charge in [0, 0.05) is 5.54 Å². The van der Waals surface area contributed by atoms with Crippen LogP contribution in [0, 0.1) is 5.41 Å². The quantitative estimate of drug-likeness (QED) is 0.771. The standard InChI is InChI=1S/C19H33NO3S/c1-9-23-16-11-10-15(14(2)3)12-17(16)24(21,22)20-19(7,8)13-18(4,5)6/h10-12,14,20H,9,13H2,1-8H3. The van der Waals surface area contributed by atoms with Gasteiger partial charge in [0.1, 0.15) is 10.6 Å². The fourth-order valence-electron chi connectivity index (χ4n) is 3.15. The number of nitrogens with one attached hydrogen (secondary N) is 1. The molecule has 0 amide bonds. The highest BCUT2D eigenvalue weighted by Crippen LogP contribution is 2.32. The lowest BCUT2D eigenvalue weighted by atomic mass is 9.82. The SMILES string of the molecule is CCOc1ccc(C(C)C)cc1S(=O)(=O)NC(C)(C)CC(C)(C)C. The lowest BCUT2D eigenvalue weighted by Gasteiger charge is -2.33. The monoisotopic (exact) mass is 355 g/mol. The molecule has 24 heavy (non-hydrogen) atoms. The van der Waals surface area contributed by atoms with Crippen LogP contribution in [0.2, 0.25) is 0 Å². The Morgan fingerprint density at radius 1 is 1.12 bits per heavy atom. The van der Waals surface area contributed by atoms with E-state index < -0.39 is 15.6 Å². The van der Waals surface area contributed by atoms with Crippen molar-refractivity contribution in [3.63, 3.8) is 0 Å². The number of rotatable bonds is 7. The van der Waals surface area contributed by atoms with Crippen molar-refractivity contribution < 1.29 is 13.2 Å². The van der Waals surface area contributed by atoms with Gasteiger partial charge in [0.25, 0.3) is 0 Å². The van der Waals surface area contributed by atoms with Gasteiger partial charge in [-0.1, -0.05) is 40.7 Å². The lowest BCUT2D eigenvalue weighted by Crippen LogP contribution is -2.45. The number of ether oxygens (including phenoxy) is 1. The normalized spacial score (nSPS) is 13.4. The second-order valence-corrected chi connectivity index (χ2v) is 10.2. The Bertz CT molecular complexity index is 656. The Morgan fingerprint density at radius 3 is 2.17 bits per heavy atom. The molecule has 0 heterocycles. The summed E-state index contributed by atoms with van der Waals surface area (Å²) in [4.78, 5) is 0.220. The van der Waals surface area contributed by atoms with E-state index in [1.807, 2.05) is 40.7 Å². The maximum absolute atomic E-state index is 13.0. The molecule has 0 unspecified atom stereocenters. The zero-order chi connectivity index (χ0) is 18.8. The van der Waals surface area contributed by atoms with E-state index in [-0.39, 0.29) is 16.2 Å². The third-order valence-electron chi connectivity index (χ3n) is 3.61. The van der Waals surface area contributed by atoms with Crippen LogP contribution in [0.25, 0.3) is 0 Å². The Kier molecular flexibility index (Phi) is 6.50. The molecule has 0 saturated carbocycles. The third-order valence-corrected chi connectivity index (χ3v) is 5.33. The van der Waals surface area contributed by atoms with Crippen LogP contribution in [-0.4, -0.2) is 20.6 Å². The Balaban J connectivity index is 3.27. The van der Waals surface area contributed by atoms with Gasteiger partial charge in [-0.15, -0.1) is 0 Å². The third kappa shape index (κ3) is 6.10. The van der Waals surface area contributed by atoms with Crippen LogP contribution < -0.4 is 9.46 Å². The van der Waals surface area contributed by atoms with Crippen molar-refractivity contribution in [1.82, 2.24) is 4.72 Å². The molecular formula is C19H33NO3S. The van der Waals surface area contributed by atoms with E-state index in [9.17, 15) is 8.42 Å². The molecule has 0 fully saturated rings. The van der Waals surface area contributed by atoms with Gasteiger partial charge >= 0.3 is 0 Å². The van der Waals surface area contributed by atoms with Gasteiger partial charge in [-0.25, -0.2) is 13.1 Å². The average molecular weight is 356 g/mol. The summed E-state index contributed by atoms with van der Waals surface area (Å²) >= 11 is 0. The second kappa shape index (κ2) is 7.44. The molecule has 138 valence electrons.